The third kappa shape index (κ3) is 4.12. The molecule has 1 saturated carbocycles. The molecule has 0 spiro atoms. The van der Waals surface area contributed by atoms with E-state index in [-0.39, 0.29) is 6.79 Å². The van der Waals surface area contributed by atoms with Crippen LogP contribution in [0.3, 0.4) is 0 Å². The molecular formula is C17H22O3. The second-order valence-corrected chi connectivity index (χ2v) is 5.46. The highest BCUT2D eigenvalue weighted by atomic mass is 16.7. The fourth-order valence-electron chi connectivity index (χ4n) is 2.64. The molecule has 1 aromatic rings. The Bertz CT molecular complexity index is 442. The minimum atomic E-state index is -0.474. The number of esters is 1. The Hall–Kier alpha value is -1.77. The van der Waals surface area contributed by atoms with Gasteiger partial charge in [0.2, 0.25) is 6.79 Å². The maximum Gasteiger partial charge on any atom is 0.333 e. The molecule has 0 saturated heterocycles. The van der Waals surface area contributed by atoms with E-state index in [4.69, 9.17) is 9.47 Å². The van der Waals surface area contributed by atoms with Gasteiger partial charge in [-0.05, 0) is 42.4 Å². The molecule has 0 N–H and O–H groups in total. The van der Waals surface area contributed by atoms with Gasteiger partial charge in [-0.25, -0.2) is 4.79 Å². The Balaban J connectivity index is 1.83. The van der Waals surface area contributed by atoms with Crippen molar-refractivity contribution in [3.8, 4) is 5.75 Å². The van der Waals surface area contributed by atoms with Crippen LogP contribution in [0.1, 0.15) is 44.1 Å². The monoisotopic (exact) mass is 274 g/mol. The van der Waals surface area contributed by atoms with E-state index in [0.717, 1.165) is 17.7 Å². The highest BCUT2D eigenvalue weighted by Crippen LogP contribution is 2.35. The lowest BCUT2D eigenvalue weighted by Gasteiger charge is -2.26. The van der Waals surface area contributed by atoms with Crippen LogP contribution in [0, 0.1) is 5.92 Å². The molecule has 20 heavy (non-hydrogen) atoms. The largest absolute Gasteiger partial charge is 0.457 e. The van der Waals surface area contributed by atoms with E-state index >= 15 is 0 Å². The molecule has 3 heteroatoms. The molecule has 0 bridgehead atoms. The van der Waals surface area contributed by atoms with Crippen molar-refractivity contribution < 1.29 is 14.3 Å². The third-order valence-electron chi connectivity index (χ3n) is 3.96. The number of carbonyl (C=O) groups excluding carboxylic acids is 1. The molecule has 1 aliphatic rings. The van der Waals surface area contributed by atoms with Gasteiger partial charge in [-0.1, -0.05) is 38.5 Å². The number of carbonyl (C=O) groups is 1. The first kappa shape index (κ1) is 14.6. The van der Waals surface area contributed by atoms with E-state index in [1.54, 1.807) is 0 Å². The molecule has 2 rings (SSSR count). The van der Waals surface area contributed by atoms with E-state index in [2.05, 4.69) is 25.6 Å². The summed E-state index contributed by atoms with van der Waals surface area (Å²) >= 11 is 0. The van der Waals surface area contributed by atoms with E-state index in [1.807, 2.05) is 12.1 Å². The Kier molecular flexibility index (Phi) is 5.22. The Morgan fingerprint density at radius 3 is 2.50 bits per heavy atom. The van der Waals surface area contributed by atoms with Crippen LogP contribution < -0.4 is 4.74 Å². The summed E-state index contributed by atoms with van der Waals surface area (Å²) in [4.78, 5) is 10.9. The molecule has 0 radical (unpaired) electrons. The Morgan fingerprint density at radius 2 is 1.90 bits per heavy atom. The average Bonchev–Trinajstić information content (AvgIpc) is 2.48. The summed E-state index contributed by atoms with van der Waals surface area (Å²) in [5, 5.41) is 0. The summed E-state index contributed by atoms with van der Waals surface area (Å²) in [6.45, 7) is 5.58. The summed E-state index contributed by atoms with van der Waals surface area (Å²) < 4.78 is 10.1. The zero-order valence-electron chi connectivity index (χ0n) is 12.0. The predicted octanol–water partition coefficient (Wildman–Crippen LogP) is 4.05. The first-order valence-electron chi connectivity index (χ1n) is 7.21. The number of hydrogen-bond acceptors (Lipinski definition) is 3. The Morgan fingerprint density at radius 1 is 1.25 bits per heavy atom. The molecule has 0 heterocycles. The number of ether oxygens (including phenoxy) is 2. The highest BCUT2D eigenvalue weighted by molar-refractivity contribution is 5.81. The molecule has 0 unspecified atom stereocenters. The molecule has 0 amide bonds. The van der Waals surface area contributed by atoms with Crippen LogP contribution >= 0.6 is 0 Å². The minimum Gasteiger partial charge on any atom is -0.457 e. The highest BCUT2D eigenvalue weighted by Gasteiger charge is 2.19. The first-order valence-corrected chi connectivity index (χ1v) is 7.21. The summed E-state index contributed by atoms with van der Waals surface area (Å²) in [5.74, 6) is 1.79. The molecule has 3 nitrogen and oxygen atoms in total. The smallest absolute Gasteiger partial charge is 0.333 e. The molecule has 0 aliphatic heterocycles. The molecular weight excluding hydrogens is 252 g/mol. The van der Waals surface area contributed by atoms with Gasteiger partial charge < -0.3 is 9.47 Å². The van der Waals surface area contributed by atoms with Crippen molar-refractivity contribution in [3.05, 3.63) is 42.5 Å². The second-order valence-electron chi connectivity index (χ2n) is 5.46. The predicted molar refractivity (Wildman–Crippen MR) is 78.6 cm³/mol. The number of rotatable bonds is 5. The Labute approximate surface area is 120 Å². The molecule has 1 aliphatic carbocycles. The SMILES string of the molecule is C=CC(=O)OCOc1ccc(C2CCC(C)CC2)cc1. The second kappa shape index (κ2) is 7.13. The van der Waals surface area contributed by atoms with Crippen molar-refractivity contribution in [1.29, 1.82) is 0 Å². The molecule has 1 aromatic carbocycles. The van der Waals surface area contributed by atoms with Gasteiger partial charge in [0.15, 0.2) is 0 Å². The standard InChI is InChI=1S/C17H22O3/c1-3-17(18)20-12-19-16-10-8-15(9-11-16)14-6-4-13(2)5-7-14/h3,8-11,13-14H,1,4-7,12H2,2H3. The first-order chi connectivity index (χ1) is 9.69. The van der Waals surface area contributed by atoms with Crippen LogP contribution in [0.15, 0.2) is 36.9 Å². The van der Waals surface area contributed by atoms with Gasteiger partial charge in [-0.2, -0.15) is 0 Å². The van der Waals surface area contributed by atoms with Gasteiger partial charge in [0, 0.05) is 6.08 Å². The fourth-order valence-corrected chi connectivity index (χ4v) is 2.64. The summed E-state index contributed by atoms with van der Waals surface area (Å²) in [6.07, 6.45) is 6.31. The van der Waals surface area contributed by atoms with E-state index < -0.39 is 5.97 Å². The normalized spacial score (nSPS) is 22.1. The summed E-state index contributed by atoms with van der Waals surface area (Å²) in [7, 11) is 0. The van der Waals surface area contributed by atoms with Gasteiger partial charge in [0.1, 0.15) is 5.75 Å². The minimum absolute atomic E-state index is 0.0782. The topological polar surface area (TPSA) is 35.5 Å². The van der Waals surface area contributed by atoms with Crippen molar-refractivity contribution >= 4 is 5.97 Å². The van der Waals surface area contributed by atoms with Crippen molar-refractivity contribution in [3.63, 3.8) is 0 Å². The van der Waals surface area contributed by atoms with E-state index in [9.17, 15) is 4.79 Å². The van der Waals surface area contributed by atoms with Crippen molar-refractivity contribution in [1.82, 2.24) is 0 Å². The molecule has 108 valence electrons. The average molecular weight is 274 g/mol. The van der Waals surface area contributed by atoms with Crippen LogP contribution in [0.25, 0.3) is 0 Å². The molecule has 1 fully saturated rings. The maximum atomic E-state index is 10.9. The van der Waals surface area contributed by atoms with Crippen molar-refractivity contribution in [2.24, 2.45) is 5.92 Å². The number of benzene rings is 1. The maximum absolute atomic E-state index is 10.9. The van der Waals surface area contributed by atoms with Crippen molar-refractivity contribution in [2.75, 3.05) is 6.79 Å². The van der Waals surface area contributed by atoms with Gasteiger partial charge in [-0.15, -0.1) is 0 Å². The van der Waals surface area contributed by atoms with Crippen LogP contribution in [0.2, 0.25) is 0 Å². The van der Waals surface area contributed by atoms with Gasteiger partial charge in [0.05, 0.1) is 0 Å². The third-order valence-corrected chi connectivity index (χ3v) is 3.96. The molecule has 0 aromatic heterocycles. The quantitative estimate of drug-likeness (QED) is 0.461. The van der Waals surface area contributed by atoms with Crippen molar-refractivity contribution in [2.45, 2.75) is 38.5 Å². The molecule has 0 atom stereocenters. The van der Waals surface area contributed by atoms with Crippen LogP contribution in [0.4, 0.5) is 0 Å². The lowest BCUT2D eigenvalue weighted by Crippen LogP contribution is -2.11. The van der Waals surface area contributed by atoms with E-state index in [1.165, 1.54) is 31.2 Å². The van der Waals surface area contributed by atoms with E-state index in [0.29, 0.717) is 5.92 Å². The summed E-state index contributed by atoms with van der Waals surface area (Å²) in [6, 6.07) is 8.11. The number of hydrogen-bond donors (Lipinski definition) is 0. The lowest BCUT2D eigenvalue weighted by molar-refractivity contribution is -0.144. The zero-order valence-corrected chi connectivity index (χ0v) is 12.0. The van der Waals surface area contributed by atoms with Crippen LogP contribution in [0.5, 0.6) is 5.75 Å². The summed E-state index contributed by atoms with van der Waals surface area (Å²) in [5.41, 5.74) is 1.38. The van der Waals surface area contributed by atoms with Gasteiger partial charge in [-0.3, -0.25) is 0 Å². The lowest BCUT2D eigenvalue weighted by atomic mass is 9.79. The fraction of sp³-hybridized carbons (Fsp3) is 0.471. The van der Waals surface area contributed by atoms with Gasteiger partial charge in [0.25, 0.3) is 0 Å². The van der Waals surface area contributed by atoms with Gasteiger partial charge >= 0.3 is 5.97 Å². The van der Waals surface area contributed by atoms with Crippen LogP contribution in [-0.4, -0.2) is 12.8 Å². The zero-order chi connectivity index (χ0) is 14.4. The van der Waals surface area contributed by atoms with Crippen LogP contribution in [-0.2, 0) is 9.53 Å².